The first-order valence-corrected chi connectivity index (χ1v) is 6.95. The lowest BCUT2D eigenvalue weighted by Crippen LogP contribution is -2.24. The van der Waals surface area contributed by atoms with Gasteiger partial charge in [0.05, 0.1) is 6.54 Å². The molecule has 1 aromatic carbocycles. The lowest BCUT2D eigenvalue weighted by atomic mass is 10.0. The van der Waals surface area contributed by atoms with Gasteiger partial charge in [0, 0.05) is 12.4 Å². The van der Waals surface area contributed by atoms with E-state index in [0.717, 1.165) is 11.6 Å². The zero-order valence-electron chi connectivity index (χ0n) is 12.3. The van der Waals surface area contributed by atoms with Crippen LogP contribution in [0.2, 0.25) is 0 Å². The van der Waals surface area contributed by atoms with Crippen molar-refractivity contribution in [1.29, 1.82) is 0 Å². The number of aliphatic hydroxyl groups excluding tert-OH is 1. The number of ether oxygens (including phenoxy) is 1. The van der Waals surface area contributed by atoms with E-state index in [-0.39, 0.29) is 6.61 Å². The van der Waals surface area contributed by atoms with Crippen LogP contribution in [-0.2, 0) is 6.54 Å². The predicted molar refractivity (Wildman–Crippen MR) is 79.0 cm³/mol. The monoisotopic (exact) mass is 274 g/mol. The molecule has 0 bridgehead atoms. The molecule has 1 atom stereocenters. The maximum Gasteiger partial charge on any atom is 0.122 e. The van der Waals surface area contributed by atoms with E-state index >= 15 is 0 Å². The SMILES string of the molecule is Cc1nccn1CC(O)COc1ccccc1C(C)C. The van der Waals surface area contributed by atoms with Crippen molar-refractivity contribution < 1.29 is 9.84 Å². The Bertz CT molecular complexity index is 549. The van der Waals surface area contributed by atoms with Crippen LogP contribution in [0.1, 0.15) is 31.2 Å². The molecule has 0 aliphatic rings. The van der Waals surface area contributed by atoms with E-state index in [2.05, 4.69) is 24.9 Å². The molecule has 0 fully saturated rings. The van der Waals surface area contributed by atoms with Gasteiger partial charge in [-0.1, -0.05) is 32.0 Å². The van der Waals surface area contributed by atoms with Crippen LogP contribution in [0.4, 0.5) is 0 Å². The average Bonchev–Trinajstić information content (AvgIpc) is 2.82. The minimum absolute atomic E-state index is 0.279. The molecule has 0 aliphatic carbocycles. The van der Waals surface area contributed by atoms with E-state index < -0.39 is 6.10 Å². The molecule has 1 unspecified atom stereocenters. The molecule has 0 aliphatic heterocycles. The quantitative estimate of drug-likeness (QED) is 0.881. The molecule has 0 amide bonds. The third kappa shape index (κ3) is 3.61. The number of hydrogen-bond acceptors (Lipinski definition) is 3. The molecular formula is C16H22N2O2. The van der Waals surface area contributed by atoms with E-state index in [0.29, 0.717) is 12.5 Å². The third-order valence-electron chi connectivity index (χ3n) is 3.30. The summed E-state index contributed by atoms with van der Waals surface area (Å²) in [6.45, 7) is 6.96. The molecule has 1 aromatic heterocycles. The van der Waals surface area contributed by atoms with Crippen LogP contribution >= 0.6 is 0 Å². The zero-order valence-corrected chi connectivity index (χ0v) is 12.3. The van der Waals surface area contributed by atoms with Gasteiger partial charge in [-0.15, -0.1) is 0 Å². The van der Waals surface area contributed by atoms with Gasteiger partial charge < -0.3 is 14.4 Å². The van der Waals surface area contributed by atoms with Gasteiger partial charge in [-0.25, -0.2) is 4.98 Å². The van der Waals surface area contributed by atoms with Crippen LogP contribution in [0.5, 0.6) is 5.75 Å². The third-order valence-corrected chi connectivity index (χ3v) is 3.30. The van der Waals surface area contributed by atoms with Crippen molar-refractivity contribution in [2.24, 2.45) is 0 Å². The van der Waals surface area contributed by atoms with Crippen molar-refractivity contribution in [3.8, 4) is 5.75 Å². The number of rotatable bonds is 6. The van der Waals surface area contributed by atoms with E-state index in [4.69, 9.17) is 4.74 Å². The minimum atomic E-state index is -0.553. The number of aromatic nitrogens is 2. The standard InChI is InChI=1S/C16H22N2O2/c1-12(2)15-6-4-5-7-16(15)20-11-14(19)10-18-9-8-17-13(18)3/h4-9,12,14,19H,10-11H2,1-3H3. The van der Waals surface area contributed by atoms with E-state index in [9.17, 15) is 5.11 Å². The Labute approximate surface area is 120 Å². The molecule has 4 nitrogen and oxygen atoms in total. The van der Waals surface area contributed by atoms with E-state index in [1.807, 2.05) is 35.9 Å². The summed E-state index contributed by atoms with van der Waals surface area (Å²) in [6.07, 6.45) is 3.04. The Kier molecular flexibility index (Phi) is 4.79. The summed E-state index contributed by atoms with van der Waals surface area (Å²) in [6, 6.07) is 7.97. The second-order valence-corrected chi connectivity index (χ2v) is 5.28. The maximum atomic E-state index is 10.1. The lowest BCUT2D eigenvalue weighted by molar-refractivity contribution is 0.0913. The number of nitrogens with zero attached hydrogens (tertiary/aromatic N) is 2. The fraction of sp³-hybridized carbons (Fsp3) is 0.438. The first-order chi connectivity index (χ1) is 9.58. The van der Waals surface area contributed by atoms with Crippen LogP contribution in [-0.4, -0.2) is 27.4 Å². The second kappa shape index (κ2) is 6.57. The fourth-order valence-corrected chi connectivity index (χ4v) is 2.15. The van der Waals surface area contributed by atoms with Gasteiger partial charge in [0.1, 0.15) is 24.3 Å². The van der Waals surface area contributed by atoms with Crippen LogP contribution in [0, 0.1) is 6.92 Å². The van der Waals surface area contributed by atoms with Crippen LogP contribution in [0.15, 0.2) is 36.7 Å². The van der Waals surface area contributed by atoms with Crippen molar-refractivity contribution in [2.75, 3.05) is 6.61 Å². The Morgan fingerprint density at radius 3 is 2.70 bits per heavy atom. The number of imidazole rings is 1. The summed E-state index contributed by atoms with van der Waals surface area (Å²) in [5.41, 5.74) is 1.17. The maximum absolute atomic E-state index is 10.1. The topological polar surface area (TPSA) is 47.3 Å². The Morgan fingerprint density at radius 1 is 1.30 bits per heavy atom. The Morgan fingerprint density at radius 2 is 2.05 bits per heavy atom. The first-order valence-electron chi connectivity index (χ1n) is 6.95. The Hall–Kier alpha value is -1.81. The molecular weight excluding hydrogens is 252 g/mol. The lowest BCUT2D eigenvalue weighted by Gasteiger charge is -2.17. The molecule has 2 aromatic rings. The van der Waals surface area contributed by atoms with Gasteiger partial charge in [0.2, 0.25) is 0 Å². The van der Waals surface area contributed by atoms with Crippen molar-refractivity contribution in [2.45, 2.75) is 39.3 Å². The van der Waals surface area contributed by atoms with Gasteiger partial charge in [-0.3, -0.25) is 0 Å². The van der Waals surface area contributed by atoms with Crippen LogP contribution in [0.3, 0.4) is 0 Å². The van der Waals surface area contributed by atoms with E-state index in [1.54, 1.807) is 6.20 Å². The summed E-state index contributed by atoms with van der Waals surface area (Å²) in [4.78, 5) is 4.14. The molecule has 1 heterocycles. The van der Waals surface area contributed by atoms with Crippen molar-refractivity contribution >= 4 is 0 Å². The highest BCUT2D eigenvalue weighted by atomic mass is 16.5. The molecule has 1 N–H and O–H groups in total. The Balaban J connectivity index is 1.94. The van der Waals surface area contributed by atoms with Crippen molar-refractivity contribution in [3.63, 3.8) is 0 Å². The normalized spacial score (nSPS) is 12.7. The summed E-state index contributed by atoms with van der Waals surface area (Å²) < 4.78 is 7.68. The fourth-order valence-electron chi connectivity index (χ4n) is 2.15. The van der Waals surface area contributed by atoms with Crippen LogP contribution in [0.25, 0.3) is 0 Å². The largest absolute Gasteiger partial charge is 0.491 e. The van der Waals surface area contributed by atoms with Gasteiger partial charge in [-0.2, -0.15) is 0 Å². The predicted octanol–water partition coefficient (Wildman–Crippen LogP) is 2.75. The summed E-state index contributed by atoms with van der Waals surface area (Å²) in [5, 5.41) is 10.1. The molecule has 20 heavy (non-hydrogen) atoms. The molecule has 0 radical (unpaired) electrons. The second-order valence-electron chi connectivity index (χ2n) is 5.28. The summed E-state index contributed by atoms with van der Waals surface area (Å²) in [5.74, 6) is 2.15. The highest BCUT2D eigenvalue weighted by molar-refractivity contribution is 5.35. The summed E-state index contributed by atoms with van der Waals surface area (Å²) in [7, 11) is 0. The highest BCUT2D eigenvalue weighted by Crippen LogP contribution is 2.25. The van der Waals surface area contributed by atoms with Gasteiger partial charge in [0.15, 0.2) is 0 Å². The molecule has 0 saturated heterocycles. The number of hydrogen-bond donors (Lipinski definition) is 1. The zero-order chi connectivity index (χ0) is 14.5. The molecule has 108 valence electrons. The number of aliphatic hydroxyl groups is 1. The van der Waals surface area contributed by atoms with E-state index in [1.165, 1.54) is 5.56 Å². The molecule has 0 spiro atoms. The molecule has 2 rings (SSSR count). The van der Waals surface area contributed by atoms with Gasteiger partial charge in [0.25, 0.3) is 0 Å². The molecule has 4 heteroatoms. The number of para-hydroxylation sites is 1. The van der Waals surface area contributed by atoms with Crippen molar-refractivity contribution in [1.82, 2.24) is 9.55 Å². The van der Waals surface area contributed by atoms with Crippen molar-refractivity contribution in [3.05, 3.63) is 48.0 Å². The minimum Gasteiger partial charge on any atom is -0.491 e. The highest BCUT2D eigenvalue weighted by Gasteiger charge is 2.11. The van der Waals surface area contributed by atoms with Gasteiger partial charge >= 0.3 is 0 Å². The number of aryl methyl sites for hydroxylation is 1. The average molecular weight is 274 g/mol. The van der Waals surface area contributed by atoms with Gasteiger partial charge in [-0.05, 0) is 24.5 Å². The first kappa shape index (κ1) is 14.6. The smallest absolute Gasteiger partial charge is 0.122 e. The van der Waals surface area contributed by atoms with Crippen LogP contribution < -0.4 is 4.74 Å². The number of benzene rings is 1. The molecule has 0 saturated carbocycles. The summed E-state index contributed by atoms with van der Waals surface area (Å²) >= 11 is 0.